The van der Waals surface area contributed by atoms with E-state index in [1.54, 1.807) is 6.92 Å². The Morgan fingerprint density at radius 1 is 1.24 bits per heavy atom. The fourth-order valence-electron chi connectivity index (χ4n) is 4.31. The first-order chi connectivity index (χ1) is 9.64. The van der Waals surface area contributed by atoms with E-state index < -0.39 is 24.0 Å². The van der Waals surface area contributed by atoms with E-state index in [0.29, 0.717) is 5.57 Å². The van der Waals surface area contributed by atoms with E-state index in [-0.39, 0.29) is 16.7 Å². The van der Waals surface area contributed by atoms with Gasteiger partial charge in [-0.3, -0.25) is 4.79 Å². The van der Waals surface area contributed by atoms with Gasteiger partial charge in [-0.2, -0.15) is 0 Å². The van der Waals surface area contributed by atoms with Crippen molar-refractivity contribution in [2.24, 2.45) is 22.7 Å². The summed E-state index contributed by atoms with van der Waals surface area (Å²) < 4.78 is 5.67. The average molecular weight is 294 g/mol. The number of carboxylic acids is 1. The van der Waals surface area contributed by atoms with Crippen LogP contribution in [0.15, 0.2) is 12.2 Å². The van der Waals surface area contributed by atoms with Gasteiger partial charge in [0.25, 0.3) is 0 Å². The highest BCUT2D eigenvalue weighted by atomic mass is 16.5. The van der Waals surface area contributed by atoms with Crippen LogP contribution in [0.3, 0.4) is 0 Å². The minimum absolute atomic E-state index is 0.216. The van der Waals surface area contributed by atoms with E-state index in [9.17, 15) is 14.7 Å². The number of carboxylic acid groups (broad SMARTS) is 1. The monoisotopic (exact) mass is 294 g/mol. The van der Waals surface area contributed by atoms with Crippen LogP contribution in [0.4, 0.5) is 0 Å². The van der Waals surface area contributed by atoms with Gasteiger partial charge in [-0.05, 0) is 43.9 Å². The second-order valence-electron chi connectivity index (χ2n) is 7.46. The summed E-state index contributed by atoms with van der Waals surface area (Å²) in [5, 5.41) is 9.73. The molecule has 0 amide bonds. The average Bonchev–Trinajstić information content (AvgIpc) is 2.38. The third-order valence-corrected chi connectivity index (χ3v) is 5.94. The Kier molecular flexibility index (Phi) is 3.94. The lowest BCUT2D eigenvalue weighted by Crippen LogP contribution is -2.62. The highest BCUT2D eigenvalue weighted by Crippen LogP contribution is 2.63. The van der Waals surface area contributed by atoms with E-state index in [2.05, 4.69) is 20.4 Å². The molecule has 3 saturated carbocycles. The Labute approximate surface area is 126 Å². The van der Waals surface area contributed by atoms with Crippen molar-refractivity contribution in [1.82, 2.24) is 0 Å². The molecule has 4 nitrogen and oxygen atoms in total. The van der Waals surface area contributed by atoms with Gasteiger partial charge in [-0.1, -0.05) is 27.4 Å². The summed E-state index contributed by atoms with van der Waals surface area (Å²) in [6, 6.07) is 0. The molecular formula is C17H26O4. The van der Waals surface area contributed by atoms with Crippen molar-refractivity contribution >= 4 is 11.9 Å². The van der Waals surface area contributed by atoms with Crippen molar-refractivity contribution < 1.29 is 19.4 Å². The third kappa shape index (κ3) is 2.39. The van der Waals surface area contributed by atoms with Gasteiger partial charge in [0.2, 0.25) is 0 Å². The Bertz CT molecular complexity index is 469. The van der Waals surface area contributed by atoms with Gasteiger partial charge < -0.3 is 9.84 Å². The predicted molar refractivity (Wildman–Crippen MR) is 79.7 cm³/mol. The number of hydrogen-bond acceptors (Lipinski definition) is 3. The number of carbonyl (C=O) groups is 2. The van der Waals surface area contributed by atoms with Crippen molar-refractivity contribution in [1.29, 1.82) is 0 Å². The standard InChI is InChI=1S/C17H26O4/c1-10(2)15(20)21-13-12(14(18)19)16(5)6-8-17(13,9-7-16)11(3)4/h11-13H,1,6-9H2,2-5H3,(H,18,19). The molecule has 0 spiro atoms. The Balaban J connectivity index is 2.44. The van der Waals surface area contributed by atoms with Crippen LogP contribution in [0.25, 0.3) is 0 Å². The number of aliphatic carboxylic acids is 1. The maximum absolute atomic E-state index is 12.0. The topological polar surface area (TPSA) is 63.6 Å². The fourth-order valence-corrected chi connectivity index (χ4v) is 4.31. The first-order valence-electron chi connectivity index (χ1n) is 7.73. The number of esters is 1. The molecule has 118 valence electrons. The van der Waals surface area contributed by atoms with Crippen molar-refractivity contribution in [3.05, 3.63) is 12.2 Å². The van der Waals surface area contributed by atoms with Crippen LogP contribution in [0.2, 0.25) is 0 Å². The molecule has 0 heterocycles. The molecule has 0 saturated heterocycles. The van der Waals surface area contributed by atoms with Gasteiger partial charge in [0.05, 0.1) is 5.92 Å². The number of carbonyl (C=O) groups excluding carboxylic acids is 1. The molecule has 2 bridgehead atoms. The second-order valence-corrected chi connectivity index (χ2v) is 7.46. The maximum atomic E-state index is 12.0. The first kappa shape index (κ1) is 16.1. The van der Waals surface area contributed by atoms with Crippen LogP contribution in [-0.2, 0) is 14.3 Å². The molecule has 4 heteroatoms. The van der Waals surface area contributed by atoms with Crippen molar-refractivity contribution in [3.8, 4) is 0 Å². The lowest BCUT2D eigenvalue weighted by molar-refractivity contribution is -0.211. The summed E-state index contributed by atoms with van der Waals surface area (Å²) in [5.41, 5.74) is -0.168. The summed E-state index contributed by atoms with van der Waals surface area (Å²) in [7, 11) is 0. The minimum atomic E-state index is -0.846. The molecule has 0 aromatic carbocycles. The first-order valence-corrected chi connectivity index (χ1v) is 7.73. The quantitative estimate of drug-likeness (QED) is 0.637. The highest BCUT2D eigenvalue weighted by molar-refractivity contribution is 5.87. The van der Waals surface area contributed by atoms with Crippen LogP contribution in [0, 0.1) is 22.7 Å². The molecule has 0 radical (unpaired) electrons. The summed E-state index contributed by atoms with van der Waals surface area (Å²) in [4.78, 5) is 23.9. The molecule has 0 aromatic rings. The van der Waals surface area contributed by atoms with Gasteiger partial charge in [-0.15, -0.1) is 0 Å². The third-order valence-electron chi connectivity index (χ3n) is 5.94. The number of fused-ring (bicyclic) bond motifs is 3. The van der Waals surface area contributed by atoms with Crippen LogP contribution in [0.5, 0.6) is 0 Å². The zero-order chi connectivity index (χ0) is 16.0. The van der Waals surface area contributed by atoms with Gasteiger partial charge >= 0.3 is 11.9 Å². The van der Waals surface area contributed by atoms with E-state index in [0.717, 1.165) is 25.7 Å². The normalized spacial score (nSPS) is 38.3. The van der Waals surface area contributed by atoms with Gasteiger partial charge in [0, 0.05) is 11.0 Å². The zero-order valence-corrected chi connectivity index (χ0v) is 13.4. The Morgan fingerprint density at radius 3 is 2.14 bits per heavy atom. The molecule has 0 aromatic heterocycles. The zero-order valence-electron chi connectivity index (χ0n) is 13.4. The summed E-state index contributed by atoms with van der Waals surface area (Å²) >= 11 is 0. The maximum Gasteiger partial charge on any atom is 0.333 e. The van der Waals surface area contributed by atoms with Crippen molar-refractivity contribution in [2.45, 2.75) is 59.5 Å². The second kappa shape index (κ2) is 5.15. The lowest BCUT2D eigenvalue weighted by Gasteiger charge is -2.60. The molecule has 3 fully saturated rings. The Hall–Kier alpha value is -1.32. The molecule has 21 heavy (non-hydrogen) atoms. The van der Waals surface area contributed by atoms with E-state index >= 15 is 0 Å². The summed E-state index contributed by atoms with van der Waals surface area (Å²) in [5.74, 6) is -1.65. The van der Waals surface area contributed by atoms with Crippen LogP contribution >= 0.6 is 0 Å². The lowest BCUT2D eigenvalue weighted by atomic mass is 9.45. The van der Waals surface area contributed by atoms with Crippen molar-refractivity contribution in [3.63, 3.8) is 0 Å². The largest absolute Gasteiger partial charge is 0.481 e. The number of rotatable bonds is 4. The van der Waals surface area contributed by atoms with Gasteiger partial charge in [0.1, 0.15) is 6.10 Å². The van der Waals surface area contributed by atoms with Crippen LogP contribution in [-0.4, -0.2) is 23.1 Å². The van der Waals surface area contributed by atoms with E-state index in [1.807, 2.05) is 6.92 Å². The smallest absolute Gasteiger partial charge is 0.333 e. The molecule has 2 atom stereocenters. The highest BCUT2D eigenvalue weighted by Gasteiger charge is 2.63. The molecule has 2 unspecified atom stereocenters. The molecule has 3 aliphatic rings. The minimum Gasteiger partial charge on any atom is -0.481 e. The molecule has 3 rings (SSSR count). The molecule has 0 aliphatic heterocycles. The van der Waals surface area contributed by atoms with E-state index in [1.165, 1.54) is 0 Å². The fraction of sp³-hybridized carbons (Fsp3) is 0.765. The van der Waals surface area contributed by atoms with Gasteiger partial charge in [-0.25, -0.2) is 4.79 Å². The summed E-state index contributed by atoms with van der Waals surface area (Å²) in [6.45, 7) is 11.5. The molecule has 3 aliphatic carbocycles. The van der Waals surface area contributed by atoms with Crippen LogP contribution < -0.4 is 0 Å². The molecular weight excluding hydrogens is 268 g/mol. The predicted octanol–water partition coefficient (Wildman–Crippen LogP) is 3.41. The van der Waals surface area contributed by atoms with Gasteiger partial charge in [0.15, 0.2) is 0 Å². The Morgan fingerprint density at radius 2 is 1.76 bits per heavy atom. The van der Waals surface area contributed by atoms with Crippen LogP contribution in [0.1, 0.15) is 53.4 Å². The summed E-state index contributed by atoms with van der Waals surface area (Å²) in [6.07, 6.45) is 3.09. The molecule has 1 N–H and O–H groups in total. The number of ether oxygens (including phenoxy) is 1. The van der Waals surface area contributed by atoms with Crippen molar-refractivity contribution in [2.75, 3.05) is 0 Å². The number of hydrogen-bond donors (Lipinski definition) is 1. The SMILES string of the molecule is C=C(C)C(=O)OC1C(C(=O)O)C2(C)CCC1(C(C)C)CC2. The van der Waals surface area contributed by atoms with E-state index in [4.69, 9.17) is 4.74 Å².